The van der Waals surface area contributed by atoms with E-state index in [0.717, 1.165) is 0 Å². The van der Waals surface area contributed by atoms with Crippen LogP contribution >= 0.6 is 11.3 Å². The molecule has 0 N–H and O–H groups in total. The number of para-hydroxylation sites is 1. The van der Waals surface area contributed by atoms with Gasteiger partial charge in [-0.25, -0.2) is 0 Å². The molecule has 0 fully saturated rings. The van der Waals surface area contributed by atoms with E-state index in [0.29, 0.717) is 0 Å². The van der Waals surface area contributed by atoms with Gasteiger partial charge in [-0.1, -0.05) is 78.9 Å². The second-order valence-electron chi connectivity index (χ2n) is 7.81. The lowest BCUT2D eigenvalue weighted by atomic mass is 10.1. The Morgan fingerprint density at radius 3 is 2.13 bits per heavy atom. The molecule has 1 nitrogen and oxygen atoms in total. The molecule has 140 valence electrons. The minimum absolute atomic E-state index is 1.22. The van der Waals surface area contributed by atoms with E-state index < -0.39 is 0 Å². The van der Waals surface area contributed by atoms with Crippen LogP contribution in [0.4, 0.5) is 0 Å². The Kier molecular flexibility index (Phi) is 3.21. The highest BCUT2D eigenvalue weighted by atomic mass is 32.1. The Labute approximate surface area is 177 Å². The number of thiophene rings is 1. The molecule has 0 bridgehead atoms. The fourth-order valence-corrected chi connectivity index (χ4v) is 5.99. The zero-order valence-electron chi connectivity index (χ0n) is 16.2. The van der Waals surface area contributed by atoms with E-state index in [9.17, 15) is 0 Å². The summed E-state index contributed by atoms with van der Waals surface area (Å²) in [6.07, 6.45) is 0. The van der Waals surface area contributed by atoms with Crippen LogP contribution in [0.2, 0.25) is 0 Å². The molecule has 0 saturated carbocycles. The molecule has 0 saturated heterocycles. The van der Waals surface area contributed by atoms with Crippen LogP contribution in [0.1, 0.15) is 0 Å². The maximum Gasteiger partial charge on any atom is 0.0619 e. The summed E-state index contributed by atoms with van der Waals surface area (Å²) in [4.78, 5) is 0. The van der Waals surface area contributed by atoms with E-state index in [1.54, 1.807) is 0 Å². The van der Waals surface area contributed by atoms with Gasteiger partial charge in [-0.15, -0.1) is 11.3 Å². The second kappa shape index (κ2) is 5.94. The third kappa shape index (κ3) is 2.11. The van der Waals surface area contributed by atoms with Crippen molar-refractivity contribution in [2.75, 3.05) is 0 Å². The molecule has 0 amide bonds. The highest BCUT2D eigenvalue weighted by molar-refractivity contribution is 7.25. The van der Waals surface area contributed by atoms with Gasteiger partial charge in [0.05, 0.1) is 11.0 Å². The Bertz CT molecular complexity index is 1750. The Morgan fingerprint density at radius 2 is 1.20 bits per heavy atom. The molecule has 0 aliphatic heterocycles. The van der Waals surface area contributed by atoms with E-state index in [1.165, 1.54) is 58.4 Å². The van der Waals surface area contributed by atoms with Crippen LogP contribution in [0.3, 0.4) is 0 Å². The number of hydrogen-bond acceptors (Lipinski definition) is 1. The fourth-order valence-electron chi connectivity index (χ4n) is 4.85. The first-order valence-corrected chi connectivity index (χ1v) is 11.0. The van der Waals surface area contributed by atoms with Gasteiger partial charge in [-0.2, -0.15) is 0 Å². The summed E-state index contributed by atoms with van der Waals surface area (Å²) in [5.74, 6) is 0. The lowest BCUT2D eigenvalue weighted by Crippen LogP contribution is -1.94. The number of nitrogens with zero attached hydrogens (tertiary/aromatic N) is 1. The van der Waals surface area contributed by atoms with E-state index in [-0.39, 0.29) is 0 Å². The summed E-state index contributed by atoms with van der Waals surface area (Å²) < 4.78 is 5.12. The number of fused-ring (bicyclic) bond motifs is 8. The topological polar surface area (TPSA) is 4.93 Å². The summed E-state index contributed by atoms with van der Waals surface area (Å²) in [6.45, 7) is 0. The molecular weight excluding hydrogens is 382 g/mol. The Hall–Kier alpha value is -3.62. The molecule has 2 heteroatoms. The van der Waals surface area contributed by atoms with Gasteiger partial charge in [0.2, 0.25) is 0 Å². The Balaban J connectivity index is 1.66. The van der Waals surface area contributed by atoms with Gasteiger partial charge >= 0.3 is 0 Å². The largest absolute Gasteiger partial charge is 0.309 e. The molecule has 2 heterocycles. The molecular formula is C28H17NS. The minimum atomic E-state index is 1.22. The molecule has 30 heavy (non-hydrogen) atoms. The van der Waals surface area contributed by atoms with Crippen LogP contribution in [-0.4, -0.2) is 4.57 Å². The van der Waals surface area contributed by atoms with Crippen molar-refractivity contribution in [2.45, 2.75) is 0 Å². The smallest absolute Gasteiger partial charge is 0.0619 e. The van der Waals surface area contributed by atoms with Crippen LogP contribution in [0, 0.1) is 0 Å². The molecule has 0 aliphatic rings. The summed E-state index contributed by atoms with van der Waals surface area (Å²) in [5.41, 5.74) is 3.76. The van der Waals surface area contributed by atoms with Gasteiger partial charge in [0.1, 0.15) is 0 Å². The number of rotatable bonds is 1. The van der Waals surface area contributed by atoms with Crippen LogP contribution in [0.5, 0.6) is 0 Å². The third-order valence-corrected chi connectivity index (χ3v) is 7.31. The fraction of sp³-hybridized carbons (Fsp3) is 0. The predicted octanol–water partition coefficient (Wildman–Crippen LogP) is 8.30. The predicted molar refractivity (Wildman–Crippen MR) is 131 cm³/mol. The van der Waals surface area contributed by atoms with Crippen molar-refractivity contribution in [3.63, 3.8) is 0 Å². The van der Waals surface area contributed by atoms with Crippen LogP contribution < -0.4 is 0 Å². The molecule has 0 atom stereocenters. The number of aromatic nitrogens is 1. The van der Waals surface area contributed by atoms with Crippen molar-refractivity contribution in [2.24, 2.45) is 0 Å². The SMILES string of the molecule is c1ccc2c(c1)ccc1c3ccccc3n(-c3ccc4c(c3)sc3ccccc34)c21. The molecule has 2 aromatic heterocycles. The molecule has 0 radical (unpaired) electrons. The molecule has 0 unspecified atom stereocenters. The van der Waals surface area contributed by atoms with E-state index in [4.69, 9.17) is 0 Å². The molecule has 5 aromatic carbocycles. The monoisotopic (exact) mass is 399 g/mol. The first kappa shape index (κ1) is 16.2. The molecule has 0 aliphatic carbocycles. The molecule has 0 spiro atoms. The first-order valence-electron chi connectivity index (χ1n) is 10.2. The number of hydrogen-bond donors (Lipinski definition) is 0. The van der Waals surface area contributed by atoms with Gasteiger partial charge in [0.15, 0.2) is 0 Å². The van der Waals surface area contributed by atoms with Gasteiger partial charge in [0.25, 0.3) is 0 Å². The quantitative estimate of drug-likeness (QED) is 0.262. The highest BCUT2D eigenvalue weighted by Crippen LogP contribution is 2.39. The highest BCUT2D eigenvalue weighted by Gasteiger charge is 2.15. The first-order chi connectivity index (χ1) is 14.9. The van der Waals surface area contributed by atoms with Crippen LogP contribution in [0.15, 0.2) is 103 Å². The molecule has 7 aromatic rings. The van der Waals surface area contributed by atoms with Crippen molar-refractivity contribution in [1.82, 2.24) is 4.57 Å². The van der Waals surface area contributed by atoms with Crippen LogP contribution in [-0.2, 0) is 0 Å². The van der Waals surface area contributed by atoms with Gasteiger partial charge in [-0.05, 0) is 29.7 Å². The van der Waals surface area contributed by atoms with Gasteiger partial charge in [-0.3, -0.25) is 0 Å². The number of benzene rings is 5. The van der Waals surface area contributed by atoms with Crippen molar-refractivity contribution in [3.8, 4) is 5.69 Å². The minimum Gasteiger partial charge on any atom is -0.309 e. The zero-order valence-corrected chi connectivity index (χ0v) is 17.0. The normalized spacial score (nSPS) is 12.0. The lowest BCUT2D eigenvalue weighted by molar-refractivity contribution is 1.19. The molecule has 7 rings (SSSR count). The summed E-state index contributed by atoms with van der Waals surface area (Å²) >= 11 is 1.87. The van der Waals surface area contributed by atoms with E-state index in [2.05, 4.69) is 108 Å². The summed E-state index contributed by atoms with van der Waals surface area (Å²) in [6, 6.07) is 37.6. The van der Waals surface area contributed by atoms with E-state index >= 15 is 0 Å². The average molecular weight is 400 g/mol. The van der Waals surface area contributed by atoms with Crippen molar-refractivity contribution < 1.29 is 0 Å². The standard InChI is InChI=1S/C28H17NS/c1-2-8-20-18(7-1)13-15-24-21-9-3-5-11-25(21)29(28(20)24)19-14-16-23-22-10-4-6-12-26(22)30-27(23)17-19/h1-17H. The third-order valence-electron chi connectivity index (χ3n) is 6.18. The van der Waals surface area contributed by atoms with Gasteiger partial charge in [0, 0.05) is 42.0 Å². The average Bonchev–Trinajstić information content (AvgIpc) is 3.34. The maximum absolute atomic E-state index is 2.44. The van der Waals surface area contributed by atoms with Crippen molar-refractivity contribution in [1.29, 1.82) is 0 Å². The van der Waals surface area contributed by atoms with Gasteiger partial charge < -0.3 is 4.57 Å². The van der Waals surface area contributed by atoms with E-state index in [1.807, 2.05) is 11.3 Å². The lowest BCUT2D eigenvalue weighted by Gasteiger charge is -2.10. The van der Waals surface area contributed by atoms with Crippen LogP contribution in [0.25, 0.3) is 58.4 Å². The zero-order chi connectivity index (χ0) is 19.7. The summed E-state index contributed by atoms with van der Waals surface area (Å²) in [5, 5.41) is 7.86. The summed E-state index contributed by atoms with van der Waals surface area (Å²) in [7, 11) is 0. The maximum atomic E-state index is 2.44. The van der Waals surface area contributed by atoms with Crippen molar-refractivity contribution >= 4 is 64.1 Å². The van der Waals surface area contributed by atoms with Crippen molar-refractivity contribution in [3.05, 3.63) is 103 Å². The Morgan fingerprint density at radius 1 is 0.500 bits per heavy atom. The second-order valence-corrected chi connectivity index (χ2v) is 8.90.